The fourth-order valence-electron chi connectivity index (χ4n) is 3.34. The highest BCUT2D eigenvalue weighted by molar-refractivity contribution is 7.89. The molecule has 170 valence electrons. The van der Waals surface area contributed by atoms with E-state index in [1.807, 2.05) is 13.8 Å². The Balaban J connectivity index is 1.55. The van der Waals surface area contributed by atoms with Crippen LogP contribution in [-0.2, 0) is 26.1 Å². The SMILES string of the molecule is Cc1sc2nc(COC(=O)c3cc(S(=O)(=O)N4CCOCC4)ccc3Cl)[nH]c(=O)c2c1C. The molecule has 3 aromatic rings. The predicted molar refractivity (Wildman–Crippen MR) is 120 cm³/mol. The van der Waals surface area contributed by atoms with E-state index >= 15 is 0 Å². The topological polar surface area (TPSA) is 119 Å². The minimum Gasteiger partial charge on any atom is -0.454 e. The number of thiophene rings is 1. The van der Waals surface area contributed by atoms with Gasteiger partial charge in [-0.25, -0.2) is 18.2 Å². The first-order chi connectivity index (χ1) is 15.2. The highest BCUT2D eigenvalue weighted by Crippen LogP contribution is 2.26. The summed E-state index contributed by atoms with van der Waals surface area (Å²) in [7, 11) is -3.81. The molecule has 1 aliphatic heterocycles. The van der Waals surface area contributed by atoms with E-state index in [4.69, 9.17) is 21.1 Å². The number of aromatic nitrogens is 2. The molecule has 1 aromatic carbocycles. The van der Waals surface area contributed by atoms with Crippen LogP contribution in [0, 0.1) is 13.8 Å². The number of nitrogens with one attached hydrogen (secondary N) is 1. The van der Waals surface area contributed by atoms with Crippen LogP contribution in [0.4, 0.5) is 0 Å². The Labute approximate surface area is 193 Å². The molecule has 1 saturated heterocycles. The molecule has 12 heteroatoms. The molecule has 0 unspecified atom stereocenters. The highest BCUT2D eigenvalue weighted by atomic mass is 35.5. The minimum absolute atomic E-state index is 0.0531. The number of rotatable bonds is 5. The van der Waals surface area contributed by atoms with Gasteiger partial charge in [0.1, 0.15) is 17.3 Å². The fraction of sp³-hybridized carbons (Fsp3) is 0.350. The third kappa shape index (κ3) is 4.30. The number of ether oxygens (including phenoxy) is 2. The Morgan fingerprint density at radius 3 is 2.75 bits per heavy atom. The predicted octanol–water partition coefficient (Wildman–Crippen LogP) is 2.63. The molecular formula is C20H20ClN3O6S2. The maximum absolute atomic E-state index is 12.9. The van der Waals surface area contributed by atoms with Crippen molar-refractivity contribution in [3.63, 3.8) is 0 Å². The van der Waals surface area contributed by atoms with Gasteiger partial charge in [-0.15, -0.1) is 11.3 Å². The number of benzene rings is 1. The first kappa shape index (κ1) is 22.9. The van der Waals surface area contributed by atoms with Gasteiger partial charge < -0.3 is 14.5 Å². The number of esters is 1. The van der Waals surface area contributed by atoms with Crippen LogP contribution in [0.1, 0.15) is 26.6 Å². The van der Waals surface area contributed by atoms with E-state index in [1.165, 1.54) is 33.8 Å². The molecule has 9 nitrogen and oxygen atoms in total. The monoisotopic (exact) mass is 497 g/mol. The van der Waals surface area contributed by atoms with Gasteiger partial charge >= 0.3 is 5.97 Å². The fourth-order valence-corrected chi connectivity index (χ4v) is 6.01. The Kier molecular flexibility index (Phi) is 6.37. The first-order valence-corrected chi connectivity index (χ1v) is 12.4. The highest BCUT2D eigenvalue weighted by Gasteiger charge is 2.28. The summed E-state index contributed by atoms with van der Waals surface area (Å²) in [5, 5.41) is 0.573. The molecule has 0 atom stereocenters. The lowest BCUT2D eigenvalue weighted by Gasteiger charge is -2.26. The van der Waals surface area contributed by atoms with Crippen LogP contribution in [0.2, 0.25) is 5.02 Å². The quantitative estimate of drug-likeness (QED) is 0.538. The standard InChI is InChI=1S/C20H20ClN3O6S2/c1-11-12(2)31-19-17(11)18(25)22-16(23-19)10-30-20(26)14-9-13(3-4-15(14)21)32(27,28)24-5-7-29-8-6-24/h3-4,9H,5-8,10H2,1-2H3,(H,22,23,25). The number of nitrogens with zero attached hydrogens (tertiary/aromatic N) is 2. The summed E-state index contributed by atoms with van der Waals surface area (Å²) in [4.78, 5) is 33.5. The summed E-state index contributed by atoms with van der Waals surface area (Å²) >= 11 is 7.52. The number of carbonyl (C=O) groups excluding carboxylic acids is 1. The average molecular weight is 498 g/mol. The molecule has 0 amide bonds. The lowest BCUT2D eigenvalue weighted by molar-refractivity contribution is 0.0462. The third-order valence-electron chi connectivity index (χ3n) is 5.19. The summed E-state index contributed by atoms with van der Waals surface area (Å²) in [6.07, 6.45) is 0. The third-order valence-corrected chi connectivity index (χ3v) is 8.52. The zero-order valence-corrected chi connectivity index (χ0v) is 19.7. The Morgan fingerprint density at radius 2 is 2.03 bits per heavy atom. The van der Waals surface area contributed by atoms with Crippen LogP contribution in [0.3, 0.4) is 0 Å². The van der Waals surface area contributed by atoms with Crippen LogP contribution < -0.4 is 5.56 Å². The number of hydrogen-bond donors (Lipinski definition) is 1. The Morgan fingerprint density at radius 1 is 1.31 bits per heavy atom. The van der Waals surface area contributed by atoms with Gasteiger partial charge in [0.05, 0.1) is 34.1 Å². The van der Waals surface area contributed by atoms with Gasteiger partial charge in [0.15, 0.2) is 0 Å². The molecule has 32 heavy (non-hydrogen) atoms. The molecular weight excluding hydrogens is 478 g/mol. The van der Waals surface area contributed by atoms with Gasteiger partial charge in [0.2, 0.25) is 10.0 Å². The zero-order valence-electron chi connectivity index (χ0n) is 17.3. The Hall–Kier alpha value is -2.31. The van der Waals surface area contributed by atoms with Crippen molar-refractivity contribution < 1.29 is 22.7 Å². The average Bonchev–Trinajstić information content (AvgIpc) is 3.06. The number of aryl methyl sites for hydroxylation is 2. The van der Waals surface area contributed by atoms with Crippen LogP contribution in [0.15, 0.2) is 27.9 Å². The van der Waals surface area contributed by atoms with Gasteiger partial charge in [0.25, 0.3) is 5.56 Å². The number of H-pyrrole nitrogens is 1. The van der Waals surface area contributed by atoms with Crippen molar-refractivity contribution in [2.24, 2.45) is 0 Å². The molecule has 2 aromatic heterocycles. The van der Waals surface area contributed by atoms with Gasteiger partial charge in [-0.05, 0) is 37.6 Å². The van der Waals surface area contributed by atoms with Crippen molar-refractivity contribution >= 4 is 49.1 Å². The lowest BCUT2D eigenvalue weighted by Crippen LogP contribution is -2.40. The van der Waals surface area contributed by atoms with E-state index in [0.29, 0.717) is 23.4 Å². The molecule has 4 rings (SSSR count). The smallest absolute Gasteiger partial charge is 0.340 e. The number of hydrogen-bond acceptors (Lipinski definition) is 8. The van der Waals surface area contributed by atoms with Crippen LogP contribution >= 0.6 is 22.9 Å². The molecule has 1 fully saturated rings. The van der Waals surface area contributed by atoms with Crippen molar-refractivity contribution in [2.45, 2.75) is 25.3 Å². The van der Waals surface area contributed by atoms with Crippen molar-refractivity contribution in [3.05, 3.63) is 55.4 Å². The molecule has 0 aliphatic carbocycles. The molecule has 1 aliphatic rings. The van der Waals surface area contributed by atoms with Crippen LogP contribution in [-0.4, -0.2) is 55.0 Å². The van der Waals surface area contributed by atoms with Gasteiger partial charge in [-0.3, -0.25) is 4.79 Å². The van der Waals surface area contributed by atoms with Crippen LogP contribution in [0.5, 0.6) is 0 Å². The molecule has 3 heterocycles. The number of carbonyl (C=O) groups is 1. The second-order valence-corrected chi connectivity index (χ2v) is 10.8. The maximum atomic E-state index is 12.9. The van der Waals surface area contributed by atoms with Crippen molar-refractivity contribution in [3.8, 4) is 0 Å². The molecule has 1 N–H and O–H groups in total. The van der Waals surface area contributed by atoms with E-state index in [0.717, 1.165) is 10.4 Å². The van der Waals surface area contributed by atoms with Gasteiger partial charge in [-0.1, -0.05) is 11.6 Å². The van der Waals surface area contributed by atoms with E-state index in [2.05, 4.69) is 9.97 Å². The molecule has 0 spiro atoms. The number of aromatic amines is 1. The van der Waals surface area contributed by atoms with Gasteiger partial charge in [-0.2, -0.15) is 4.31 Å². The molecule has 0 saturated carbocycles. The van der Waals surface area contributed by atoms with E-state index in [-0.39, 0.29) is 46.6 Å². The summed E-state index contributed by atoms with van der Waals surface area (Å²) in [6, 6.07) is 3.88. The van der Waals surface area contributed by atoms with E-state index in [9.17, 15) is 18.0 Å². The van der Waals surface area contributed by atoms with E-state index in [1.54, 1.807) is 0 Å². The molecule has 0 radical (unpaired) electrons. The van der Waals surface area contributed by atoms with Crippen molar-refractivity contribution in [1.82, 2.24) is 14.3 Å². The summed E-state index contributed by atoms with van der Waals surface area (Å²) in [5.74, 6) is -0.638. The van der Waals surface area contributed by atoms with Crippen molar-refractivity contribution in [1.29, 1.82) is 0 Å². The van der Waals surface area contributed by atoms with E-state index < -0.39 is 16.0 Å². The summed E-state index contributed by atoms with van der Waals surface area (Å²) in [5.41, 5.74) is 0.471. The van der Waals surface area contributed by atoms with Crippen molar-refractivity contribution in [2.75, 3.05) is 26.3 Å². The summed E-state index contributed by atoms with van der Waals surface area (Å²) < 4.78 is 37.5. The number of fused-ring (bicyclic) bond motifs is 1. The van der Waals surface area contributed by atoms with Crippen LogP contribution in [0.25, 0.3) is 10.2 Å². The zero-order chi connectivity index (χ0) is 23.0. The lowest BCUT2D eigenvalue weighted by atomic mass is 10.2. The second-order valence-electron chi connectivity index (χ2n) is 7.21. The maximum Gasteiger partial charge on any atom is 0.340 e. The second kappa shape index (κ2) is 8.91. The number of morpholine rings is 1. The first-order valence-electron chi connectivity index (χ1n) is 9.72. The normalized spacial score (nSPS) is 15.2. The molecule has 0 bridgehead atoms. The number of halogens is 1. The Bertz CT molecular complexity index is 1360. The summed E-state index contributed by atoms with van der Waals surface area (Å²) in [6.45, 7) is 4.53. The minimum atomic E-state index is -3.81. The largest absolute Gasteiger partial charge is 0.454 e. The van der Waals surface area contributed by atoms with Gasteiger partial charge in [0, 0.05) is 18.0 Å². The number of sulfonamides is 1.